The van der Waals surface area contributed by atoms with E-state index in [1.54, 1.807) is 0 Å². The normalized spacial score (nSPS) is 10.0. The molecule has 0 bridgehead atoms. The number of carbonyl (C=O) groups is 2. The number of carboxylic acid groups (broad SMARTS) is 1. The van der Waals surface area contributed by atoms with Crippen molar-refractivity contribution in [2.45, 2.75) is 19.8 Å². The van der Waals surface area contributed by atoms with Gasteiger partial charge in [-0.1, -0.05) is 109 Å². The van der Waals surface area contributed by atoms with Crippen LogP contribution in [0.5, 0.6) is 0 Å². The largest absolute Gasteiger partial charge is 0.481 e. The Morgan fingerprint density at radius 3 is 1.76 bits per heavy atom. The zero-order valence-electron chi connectivity index (χ0n) is 19.2. The fraction of sp³-hybridized carbons (Fsp3) is 0.133. The Morgan fingerprint density at radius 1 is 0.647 bits per heavy atom. The number of hydrogen-bond acceptors (Lipinski definition) is 3. The van der Waals surface area contributed by atoms with Crippen molar-refractivity contribution >= 4 is 11.9 Å². The molecule has 0 aliphatic heterocycles. The molecule has 0 aromatic heterocycles. The van der Waals surface area contributed by atoms with Gasteiger partial charge < -0.3 is 9.84 Å². The van der Waals surface area contributed by atoms with Crippen molar-refractivity contribution in [1.82, 2.24) is 0 Å². The lowest BCUT2D eigenvalue weighted by atomic mass is 9.98. The van der Waals surface area contributed by atoms with Crippen LogP contribution in [0.2, 0.25) is 0 Å². The van der Waals surface area contributed by atoms with Gasteiger partial charge in [0.1, 0.15) is 0 Å². The molecule has 4 aromatic carbocycles. The maximum Gasteiger partial charge on any atom is 0.310 e. The van der Waals surface area contributed by atoms with Gasteiger partial charge in [0.05, 0.1) is 19.4 Å². The molecule has 0 saturated carbocycles. The number of aliphatic carboxylic acids is 1. The summed E-state index contributed by atoms with van der Waals surface area (Å²) in [6.45, 7) is 2.25. The molecule has 4 rings (SSSR count). The molecule has 0 unspecified atom stereocenters. The van der Waals surface area contributed by atoms with Gasteiger partial charge in [-0.2, -0.15) is 0 Å². The molecule has 0 spiro atoms. The van der Waals surface area contributed by atoms with Crippen LogP contribution >= 0.6 is 0 Å². The zero-order valence-corrected chi connectivity index (χ0v) is 19.2. The van der Waals surface area contributed by atoms with E-state index in [1.807, 2.05) is 104 Å². The summed E-state index contributed by atoms with van der Waals surface area (Å²) >= 11 is 0. The molecule has 0 heterocycles. The maximum absolute atomic E-state index is 11.3. The summed E-state index contributed by atoms with van der Waals surface area (Å²) in [4.78, 5) is 22.1. The summed E-state index contributed by atoms with van der Waals surface area (Å²) in [5, 5.41) is 8.84. The van der Waals surface area contributed by atoms with Crippen molar-refractivity contribution < 1.29 is 19.4 Å². The number of rotatable bonds is 7. The highest BCUT2D eigenvalue weighted by Crippen LogP contribution is 2.23. The van der Waals surface area contributed by atoms with Crippen LogP contribution in [0.1, 0.15) is 18.1 Å². The van der Waals surface area contributed by atoms with Gasteiger partial charge in [0.25, 0.3) is 0 Å². The van der Waals surface area contributed by atoms with Crippen molar-refractivity contribution in [2.75, 3.05) is 6.61 Å². The Bertz CT molecular complexity index is 1180. The Morgan fingerprint density at radius 2 is 1.18 bits per heavy atom. The summed E-state index contributed by atoms with van der Waals surface area (Å²) in [6.07, 6.45) is 0.397. The molecule has 0 radical (unpaired) electrons. The highest BCUT2D eigenvalue weighted by Gasteiger charge is 2.07. The van der Waals surface area contributed by atoms with Gasteiger partial charge in [-0.15, -0.1) is 0 Å². The molecule has 172 valence electrons. The van der Waals surface area contributed by atoms with E-state index in [0.29, 0.717) is 13.0 Å². The minimum Gasteiger partial charge on any atom is -0.481 e. The Labute approximate surface area is 200 Å². The lowest BCUT2D eigenvalue weighted by Crippen LogP contribution is -2.07. The number of hydrogen-bond donors (Lipinski definition) is 1. The lowest BCUT2D eigenvalue weighted by Gasteiger charge is -2.07. The third-order valence-electron chi connectivity index (χ3n) is 5.16. The molecule has 0 atom stereocenters. The van der Waals surface area contributed by atoms with Crippen LogP contribution in [0.4, 0.5) is 0 Å². The van der Waals surface area contributed by atoms with Crippen molar-refractivity contribution in [2.24, 2.45) is 0 Å². The minimum atomic E-state index is -0.802. The number of carbonyl (C=O) groups excluding carboxylic acids is 1. The van der Waals surface area contributed by atoms with Gasteiger partial charge in [0.15, 0.2) is 0 Å². The predicted octanol–water partition coefficient (Wildman–Crippen LogP) is 6.44. The van der Waals surface area contributed by atoms with E-state index >= 15 is 0 Å². The van der Waals surface area contributed by atoms with Gasteiger partial charge in [-0.25, -0.2) is 0 Å². The molecule has 0 amide bonds. The average molecular weight is 453 g/mol. The fourth-order valence-electron chi connectivity index (χ4n) is 3.56. The molecule has 4 aromatic rings. The summed E-state index contributed by atoms with van der Waals surface area (Å²) in [5.41, 5.74) is 6.21. The Balaban J connectivity index is 0.000000192. The van der Waals surface area contributed by atoms with Crippen LogP contribution in [-0.4, -0.2) is 23.7 Å². The standard InChI is InChI=1S/C16H16O2.C14H12O2/c1-2-18-16(17)12-13-8-10-15(11-9-13)14-6-4-3-5-7-14;15-14(16)10-12-8-4-5-9-13(12)11-6-2-1-3-7-11/h3-11H,2,12H2,1H3;1-9H,10H2,(H,15,16). The molecule has 34 heavy (non-hydrogen) atoms. The van der Waals surface area contributed by atoms with Crippen molar-refractivity contribution in [3.05, 3.63) is 120 Å². The van der Waals surface area contributed by atoms with Crippen LogP contribution < -0.4 is 0 Å². The van der Waals surface area contributed by atoms with Crippen molar-refractivity contribution in [3.8, 4) is 22.3 Å². The van der Waals surface area contributed by atoms with E-state index < -0.39 is 5.97 Å². The summed E-state index contributed by atoms with van der Waals surface area (Å²) in [6, 6.07) is 35.6. The first-order chi connectivity index (χ1) is 16.6. The highest BCUT2D eigenvalue weighted by molar-refractivity contribution is 5.76. The summed E-state index contributed by atoms with van der Waals surface area (Å²) in [7, 11) is 0. The van der Waals surface area contributed by atoms with E-state index in [-0.39, 0.29) is 12.4 Å². The van der Waals surface area contributed by atoms with Gasteiger partial charge in [0.2, 0.25) is 0 Å². The monoisotopic (exact) mass is 452 g/mol. The van der Waals surface area contributed by atoms with Gasteiger partial charge in [0, 0.05) is 0 Å². The van der Waals surface area contributed by atoms with E-state index in [0.717, 1.165) is 27.8 Å². The molecule has 1 N–H and O–H groups in total. The molecule has 0 aliphatic rings. The predicted molar refractivity (Wildman–Crippen MR) is 135 cm³/mol. The molecular weight excluding hydrogens is 424 g/mol. The number of ether oxygens (including phenoxy) is 1. The van der Waals surface area contributed by atoms with Gasteiger partial charge >= 0.3 is 11.9 Å². The first kappa shape index (κ1) is 24.5. The second kappa shape index (κ2) is 12.8. The molecule has 0 saturated heterocycles. The fourth-order valence-corrected chi connectivity index (χ4v) is 3.56. The van der Waals surface area contributed by atoms with Crippen molar-refractivity contribution in [1.29, 1.82) is 0 Å². The number of carboxylic acids is 1. The van der Waals surface area contributed by atoms with E-state index in [2.05, 4.69) is 12.1 Å². The third-order valence-corrected chi connectivity index (χ3v) is 5.16. The Kier molecular flexibility index (Phi) is 9.18. The average Bonchev–Trinajstić information content (AvgIpc) is 2.86. The topological polar surface area (TPSA) is 63.6 Å². The van der Waals surface area contributed by atoms with E-state index in [4.69, 9.17) is 9.84 Å². The van der Waals surface area contributed by atoms with Crippen LogP contribution in [0.25, 0.3) is 22.3 Å². The van der Waals surface area contributed by atoms with Gasteiger partial charge in [-0.3, -0.25) is 9.59 Å². The van der Waals surface area contributed by atoms with E-state index in [9.17, 15) is 9.59 Å². The highest BCUT2D eigenvalue weighted by atomic mass is 16.5. The molecule has 4 heteroatoms. The molecule has 0 fully saturated rings. The SMILES string of the molecule is CCOC(=O)Cc1ccc(-c2ccccc2)cc1.O=C(O)Cc1ccccc1-c1ccccc1. The second-order valence-corrected chi connectivity index (χ2v) is 7.64. The van der Waals surface area contributed by atoms with Crippen LogP contribution in [0, 0.1) is 0 Å². The van der Waals surface area contributed by atoms with Gasteiger partial charge in [-0.05, 0) is 40.3 Å². The van der Waals surface area contributed by atoms with Crippen LogP contribution in [0.15, 0.2) is 109 Å². The molecule has 4 nitrogen and oxygen atoms in total. The molecular formula is C30H28O4. The molecule has 0 aliphatic carbocycles. The van der Waals surface area contributed by atoms with E-state index in [1.165, 1.54) is 5.56 Å². The second-order valence-electron chi connectivity index (χ2n) is 7.64. The van der Waals surface area contributed by atoms with Crippen LogP contribution in [0.3, 0.4) is 0 Å². The zero-order chi connectivity index (χ0) is 24.2. The lowest BCUT2D eigenvalue weighted by molar-refractivity contribution is -0.142. The Hall–Kier alpha value is -4.18. The maximum atomic E-state index is 11.3. The minimum absolute atomic E-state index is 0.0606. The third kappa shape index (κ3) is 7.45. The van der Waals surface area contributed by atoms with Crippen molar-refractivity contribution in [3.63, 3.8) is 0 Å². The smallest absolute Gasteiger partial charge is 0.310 e. The first-order valence-corrected chi connectivity index (χ1v) is 11.2. The van der Waals surface area contributed by atoms with Crippen LogP contribution in [-0.2, 0) is 27.2 Å². The summed E-state index contributed by atoms with van der Waals surface area (Å²) in [5.74, 6) is -0.978. The summed E-state index contributed by atoms with van der Waals surface area (Å²) < 4.78 is 4.92. The number of benzene rings is 4. The number of esters is 1. The quantitative estimate of drug-likeness (QED) is 0.328. The first-order valence-electron chi connectivity index (χ1n) is 11.2.